The van der Waals surface area contributed by atoms with Gasteiger partial charge in [-0.2, -0.15) is 0 Å². The molecule has 1 N–H and O–H groups in total. The van der Waals surface area contributed by atoms with Gasteiger partial charge in [-0.25, -0.2) is 9.97 Å². The van der Waals surface area contributed by atoms with Gasteiger partial charge < -0.3 is 10.1 Å². The maximum absolute atomic E-state index is 12.4. The van der Waals surface area contributed by atoms with Crippen molar-refractivity contribution in [2.45, 2.75) is 13.1 Å². The van der Waals surface area contributed by atoms with Crippen molar-refractivity contribution in [3.63, 3.8) is 0 Å². The number of thiazole rings is 1. The summed E-state index contributed by atoms with van der Waals surface area (Å²) in [5.41, 5.74) is 2.90. The highest BCUT2D eigenvalue weighted by Crippen LogP contribution is 2.25. The average Bonchev–Trinajstić information content (AvgIpc) is 3.29. The zero-order valence-corrected chi connectivity index (χ0v) is 17.6. The molecule has 4 rings (SSSR count). The number of aromatic nitrogens is 3. The largest absolute Gasteiger partial charge is 0.497 e. The van der Waals surface area contributed by atoms with Gasteiger partial charge in [0.1, 0.15) is 17.3 Å². The van der Waals surface area contributed by atoms with Crippen molar-refractivity contribution in [2.75, 3.05) is 7.11 Å². The second-order valence-electron chi connectivity index (χ2n) is 6.76. The van der Waals surface area contributed by atoms with E-state index in [1.807, 2.05) is 60.0 Å². The molecule has 0 bridgehead atoms. The Hall–Kier alpha value is -3.78. The van der Waals surface area contributed by atoms with Crippen LogP contribution in [0.2, 0.25) is 0 Å². The zero-order valence-electron chi connectivity index (χ0n) is 16.8. The summed E-state index contributed by atoms with van der Waals surface area (Å²) < 4.78 is 6.45. The first-order valence-electron chi connectivity index (χ1n) is 9.60. The SMILES string of the molecule is COc1ccc(-c2nc(CNC(=O)Cn3cnc(-c4ccccc4)cc3=O)cs2)cc1. The summed E-state index contributed by atoms with van der Waals surface area (Å²) in [4.78, 5) is 33.5. The molecule has 0 saturated carbocycles. The van der Waals surface area contributed by atoms with E-state index < -0.39 is 0 Å². The van der Waals surface area contributed by atoms with Crippen molar-refractivity contribution in [3.8, 4) is 27.6 Å². The highest BCUT2D eigenvalue weighted by Gasteiger charge is 2.09. The van der Waals surface area contributed by atoms with Crippen molar-refractivity contribution < 1.29 is 9.53 Å². The van der Waals surface area contributed by atoms with E-state index in [0.717, 1.165) is 27.6 Å². The van der Waals surface area contributed by atoms with Crippen LogP contribution in [-0.4, -0.2) is 27.6 Å². The Balaban J connectivity index is 1.35. The summed E-state index contributed by atoms with van der Waals surface area (Å²) >= 11 is 1.51. The smallest absolute Gasteiger partial charge is 0.254 e. The first-order chi connectivity index (χ1) is 15.1. The summed E-state index contributed by atoms with van der Waals surface area (Å²) in [6, 6.07) is 18.5. The molecule has 0 aliphatic heterocycles. The lowest BCUT2D eigenvalue weighted by Gasteiger charge is -2.07. The highest BCUT2D eigenvalue weighted by atomic mass is 32.1. The van der Waals surface area contributed by atoms with Gasteiger partial charge in [0.15, 0.2) is 0 Å². The molecule has 7 nitrogen and oxygen atoms in total. The number of rotatable bonds is 7. The maximum Gasteiger partial charge on any atom is 0.254 e. The van der Waals surface area contributed by atoms with Gasteiger partial charge in [0.25, 0.3) is 5.56 Å². The molecule has 2 heterocycles. The Bertz CT molecular complexity index is 1230. The molecule has 4 aromatic rings. The lowest BCUT2D eigenvalue weighted by atomic mass is 10.1. The number of carbonyl (C=O) groups excluding carboxylic acids is 1. The van der Waals surface area contributed by atoms with Crippen LogP contribution < -0.4 is 15.6 Å². The number of ether oxygens (including phenoxy) is 1. The number of nitrogens with one attached hydrogen (secondary N) is 1. The first kappa shape index (κ1) is 20.5. The van der Waals surface area contributed by atoms with E-state index in [1.54, 1.807) is 7.11 Å². The average molecular weight is 433 g/mol. The lowest BCUT2D eigenvalue weighted by Crippen LogP contribution is -2.32. The van der Waals surface area contributed by atoms with Crippen LogP contribution in [0.3, 0.4) is 0 Å². The van der Waals surface area contributed by atoms with Crippen LogP contribution in [0.25, 0.3) is 21.8 Å². The first-order valence-corrected chi connectivity index (χ1v) is 10.5. The van der Waals surface area contributed by atoms with Crippen molar-refractivity contribution in [3.05, 3.63) is 88.4 Å². The van der Waals surface area contributed by atoms with Gasteiger partial charge in [0.05, 0.1) is 31.4 Å². The molecule has 8 heteroatoms. The highest BCUT2D eigenvalue weighted by molar-refractivity contribution is 7.13. The molecule has 31 heavy (non-hydrogen) atoms. The number of amides is 1. The van der Waals surface area contributed by atoms with Gasteiger partial charge in [-0.05, 0) is 24.3 Å². The summed E-state index contributed by atoms with van der Waals surface area (Å²) in [5.74, 6) is 0.504. The number of hydrogen-bond acceptors (Lipinski definition) is 6. The number of hydrogen-bond donors (Lipinski definition) is 1. The number of nitrogens with zero attached hydrogens (tertiary/aromatic N) is 3. The zero-order chi connectivity index (χ0) is 21.6. The Kier molecular flexibility index (Phi) is 6.18. The minimum absolute atomic E-state index is 0.101. The summed E-state index contributed by atoms with van der Waals surface area (Å²) in [6.45, 7) is 0.187. The number of carbonyl (C=O) groups is 1. The maximum atomic E-state index is 12.4. The quantitative estimate of drug-likeness (QED) is 0.484. The predicted octanol–water partition coefficient (Wildman–Crippen LogP) is 3.36. The molecule has 156 valence electrons. The van der Waals surface area contributed by atoms with Gasteiger partial charge in [0, 0.05) is 22.6 Å². The molecule has 0 fully saturated rings. The van der Waals surface area contributed by atoms with Crippen LogP contribution in [0.4, 0.5) is 0 Å². The van der Waals surface area contributed by atoms with Crippen LogP contribution in [0.5, 0.6) is 5.75 Å². The van der Waals surface area contributed by atoms with Crippen molar-refractivity contribution in [1.82, 2.24) is 19.9 Å². The Morgan fingerprint density at radius 3 is 2.58 bits per heavy atom. The molecular formula is C23H20N4O3S. The fraction of sp³-hybridized carbons (Fsp3) is 0.130. The van der Waals surface area contributed by atoms with Crippen LogP contribution in [0.15, 0.2) is 77.2 Å². The Morgan fingerprint density at radius 1 is 1.10 bits per heavy atom. The lowest BCUT2D eigenvalue weighted by molar-refractivity contribution is -0.121. The van der Waals surface area contributed by atoms with Crippen molar-refractivity contribution in [1.29, 1.82) is 0 Å². The van der Waals surface area contributed by atoms with Crippen LogP contribution in [-0.2, 0) is 17.9 Å². The molecule has 0 saturated heterocycles. The summed E-state index contributed by atoms with van der Waals surface area (Å²) in [5, 5.41) is 5.57. The van der Waals surface area contributed by atoms with Crippen LogP contribution in [0.1, 0.15) is 5.69 Å². The third-order valence-electron chi connectivity index (χ3n) is 4.62. The Labute approximate surface area is 183 Å². The molecule has 2 aromatic carbocycles. The Morgan fingerprint density at radius 2 is 1.87 bits per heavy atom. The van der Waals surface area contributed by atoms with Crippen LogP contribution in [0, 0.1) is 0 Å². The molecule has 0 atom stereocenters. The normalized spacial score (nSPS) is 10.6. The second-order valence-corrected chi connectivity index (χ2v) is 7.61. The monoisotopic (exact) mass is 432 g/mol. The molecule has 1 amide bonds. The fourth-order valence-electron chi connectivity index (χ4n) is 2.97. The molecular weight excluding hydrogens is 412 g/mol. The summed E-state index contributed by atoms with van der Waals surface area (Å²) in [7, 11) is 1.63. The minimum atomic E-state index is -0.282. The van der Waals surface area contributed by atoms with Gasteiger partial charge in [-0.3, -0.25) is 14.2 Å². The fourth-order valence-corrected chi connectivity index (χ4v) is 3.79. The van der Waals surface area contributed by atoms with E-state index in [2.05, 4.69) is 15.3 Å². The number of benzene rings is 2. The van der Waals surface area contributed by atoms with Crippen LogP contribution >= 0.6 is 11.3 Å². The van der Waals surface area contributed by atoms with E-state index >= 15 is 0 Å². The molecule has 2 aromatic heterocycles. The third kappa shape index (κ3) is 5.04. The van der Waals surface area contributed by atoms with E-state index in [-0.39, 0.29) is 24.6 Å². The van der Waals surface area contributed by atoms with Crippen molar-refractivity contribution >= 4 is 17.2 Å². The molecule has 0 spiro atoms. The molecule has 0 radical (unpaired) electrons. The molecule has 0 aliphatic carbocycles. The van der Waals surface area contributed by atoms with Crippen molar-refractivity contribution in [2.24, 2.45) is 0 Å². The van der Waals surface area contributed by atoms with E-state index in [0.29, 0.717) is 5.69 Å². The van der Waals surface area contributed by atoms with Gasteiger partial charge in [-0.1, -0.05) is 30.3 Å². The number of methoxy groups -OCH3 is 1. The minimum Gasteiger partial charge on any atom is -0.497 e. The third-order valence-corrected chi connectivity index (χ3v) is 5.56. The van der Waals surface area contributed by atoms with E-state index in [9.17, 15) is 9.59 Å². The van der Waals surface area contributed by atoms with E-state index in [1.165, 1.54) is 28.3 Å². The molecule has 0 unspecified atom stereocenters. The second kappa shape index (κ2) is 9.36. The van der Waals surface area contributed by atoms with Gasteiger partial charge in [0.2, 0.25) is 5.91 Å². The van der Waals surface area contributed by atoms with Gasteiger partial charge in [-0.15, -0.1) is 11.3 Å². The summed E-state index contributed by atoms with van der Waals surface area (Å²) in [6.07, 6.45) is 1.40. The van der Waals surface area contributed by atoms with Gasteiger partial charge >= 0.3 is 0 Å². The topological polar surface area (TPSA) is 86.1 Å². The molecule has 0 aliphatic rings. The standard InChI is InChI=1S/C23H20N4O3S/c1-30-19-9-7-17(8-10-19)23-26-18(14-31-23)12-24-21(28)13-27-15-25-20(11-22(27)29)16-5-3-2-4-6-16/h2-11,14-15H,12-13H2,1H3,(H,24,28). The predicted molar refractivity (Wildman–Crippen MR) is 120 cm³/mol. The van der Waals surface area contributed by atoms with E-state index in [4.69, 9.17) is 4.74 Å².